The number of aromatic nitrogens is 2. The highest BCUT2D eigenvalue weighted by atomic mass is 15.2. The van der Waals surface area contributed by atoms with Gasteiger partial charge in [0.15, 0.2) is 0 Å². The molecular weight excluding hydrogens is 238 g/mol. The predicted octanol–water partition coefficient (Wildman–Crippen LogP) is 2.32. The van der Waals surface area contributed by atoms with Gasteiger partial charge in [-0.25, -0.2) is 9.97 Å². The number of hydrogen-bond acceptors (Lipinski definition) is 5. The first kappa shape index (κ1) is 12.8. The van der Waals surface area contributed by atoms with Gasteiger partial charge in [0, 0.05) is 18.3 Å². The number of nitrogens with two attached hydrogens (primary N) is 1. The largest absolute Gasteiger partial charge is 0.383 e. The molecule has 0 atom stereocenters. The molecule has 0 aliphatic heterocycles. The molecule has 5 nitrogen and oxygen atoms in total. The minimum Gasteiger partial charge on any atom is -0.383 e. The fourth-order valence-electron chi connectivity index (χ4n) is 1.84. The van der Waals surface area contributed by atoms with Gasteiger partial charge in [0.25, 0.3) is 0 Å². The van der Waals surface area contributed by atoms with Crippen LogP contribution in [-0.2, 0) is 0 Å². The zero-order chi connectivity index (χ0) is 14.0. The van der Waals surface area contributed by atoms with E-state index in [1.165, 1.54) is 0 Å². The maximum absolute atomic E-state index is 8.80. The quantitative estimate of drug-likeness (QED) is 0.888. The molecule has 5 heteroatoms. The predicted molar refractivity (Wildman–Crippen MR) is 75.1 cm³/mol. The monoisotopic (exact) mass is 253 g/mol. The second-order valence-electron chi connectivity index (χ2n) is 4.32. The van der Waals surface area contributed by atoms with E-state index in [2.05, 4.69) is 16.0 Å². The molecule has 2 N–H and O–H groups in total. The standard InChI is InChI=1S/C14H15N5/c1-9-13(16)17-10(2)18-14(9)19(3)12-6-4-11(8-15)5-7-12/h4-7H,1-3H3,(H2,16,17,18). The van der Waals surface area contributed by atoms with Gasteiger partial charge in [0.05, 0.1) is 11.6 Å². The number of aryl methyl sites for hydroxylation is 1. The topological polar surface area (TPSA) is 78.8 Å². The van der Waals surface area contributed by atoms with E-state index in [9.17, 15) is 0 Å². The van der Waals surface area contributed by atoms with Crippen LogP contribution in [0.25, 0.3) is 0 Å². The van der Waals surface area contributed by atoms with Gasteiger partial charge in [-0.3, -0.25) is 0 Å². The van der Waals surface area contributed by atoms with Crippen molar-refractivity contribution < 1.29 is 0 Å². The summed E-state index contributed by atoms with van der Waals surface area (Å²) < 4.78 is 0. The number of anilines is 3. The molecule has 96 valence electrons. The molecule has 0 radical (unpaired) electrons. The lowest BCUT2D eigenvalue weighted by Gasteiger charge is -2.21. The molecule has 2 rings (SSSR count). The van der Waals surface area contributed by atoms with Crippen molar-refractivity contribution in [2.45, 2.75) is 13.8 Å². The smallest absolute Gasteiger partial charge is 0.141 e. The summed E-state index contributed by atoms with van der Waals surface area (Å²) >= 11 is 0. The van der Waals surface area contributed by atoms with Crippen LogP contribution < -0.4 is 10.6 Å². The Hall–Kier alpha value is -2.61. The van der Waals surface area contributed by atoms with Crippen molar-refractivity contribution in [3.05, 3.63) is 41.2 Å². The number of nitrogens with zero attached hydrogens (tertiary/aromatic N) is 4. The molecule has 0 aliphatic carbocycles. The first-order valence-electron chi connectivity index (χ1n) is 5.87. The van der Waals surface area contributed by atoms with Crippen molar-refractivity contribution in [2.24, 2.45) is 0 Å². The van der Waals surface area contributed by atoms with E-state index < -0.39 is 0 Å². The number of nitrogen functional groups attached to an aromatic ring is 1. The minimum absolute atomic E-state index is 0.489. The lowest BCUT2D eigenvalue weighted by Crippen LogP contribution is -2.15. The zero-order valence-corrected chi connectivity index (χ0v) is 11.2. The zero-order valence-electron chi connectivity index (χ0n) is 11.2. The highest BCUT2D eigenvalue weighted by Crippen LogP contribution is 2.27. The second-order valence-corrected chi connectivity index (χ2v) is 4.32. The third kappa shape index (κ3) is 2.47. The molecule has 1 heterocycles. The van der Waals surface area contributed by atoms with E-state index in [-0.39, 0.29) is 0 Å². The van der Waals surface area contributed by atoms with E-state index in [0.717, 1.165) is 17.1 Å². The summed E-state index contributed by atoms with van der Waals surface area (Å²) in [6.07, 6.45) is 0. The summed E-state index contributed by atoms with van der Waals surface area (Å²) in [7, 11) is 1.91. The lowest BCUT2D eigenvalue weighted by molar-refractivity contribution is 0.999. The fourth-order valence-corrected chi connectivity index (χ4v) is 1.84. The number of benzene rings is 1. The highest BCUT2D eigenvalue weighted by Gasteiger charge is 2.12. The van der Waals surface area contributed by atoms with E-state index in [1.807, 2.05) is 37.9 Å². The molecule has 1 aromatic heterocycles. The van der Waals surface area contributed by atoms with E-state index >= 15 is 0 Å². The van der Waals surface area contributed by atoms with Crippen molar-refractivity contribution in [1.82, 2.24) is 9.97 Å². The van der Waals surface area contributed by atoms with Crippen molar-refractivity contribution in [3.8, 4) is 6.07 Å². The molecule has 19 heavy (non-hydrogen) atoms. The lowest BCUT2D eigenvalue weighted by atomic mass is 10.2. The second kappa shape index (κ2) is 4.94. The van der Waals surface area contributed by atoms with Gasteiger partial charge in [-0.15, -0.1) is 0 Å². The van der Waals surface area contributed by atoms with E-state index in [0.29, 0.717) is 17.2 Å². The van der Waals surface area contributed by atoms with Gasteiger partial charge in [0.1, 0.15) is 17.5 Å². The van der Waals surface area contributed by atoms with Crippen molar-refractivity contribution >= 4 is 17.3 Å². The first-order valence-corrected chi connectivity index (χ1v) is 5.87. The Bertz CT molecular complexity index is 640. The third-order valence-corrected chi connectivity index (χ3v) is 2.97. The highest BCUT2D eigenvalue weighted by molar-refractivity contribution is 5.66. The fraction of sp³-hybridized carbons (Fsp3) is 0.214. The van der Waals surface area contributed by atoms with Gasteiger partial charge < -0.3 is 10.6 Å². The molecule has 2 aromatic rings. The van der Waals surface area contributed by atoms with E-state index in [4.69, 9.17) is 11.0 Å². The van der Waals surface area contributed by atoms with Crippen molar-refractivity contribution in [2.75, 3.05) is 17.7 Å². The Morgan fingerprint density at radius 1 is 1.16 bits per heavy atom. The average Bonchev–Trinajstić information content (AvgIpc) is 2.42. The molecule has 0 aliphatic rings. The summed E-state index contributed by atoms with van der Waals surface area (Å²) in [5.74, 6) is 1.90. The molecule has 0 fully saturated rings. The number of hydrogen-bond donors (Lipinski definition) is 1. The van der Waals surface area contributed by atoms with Crippen LogP contribution in [0.3, 0.4) is 0 Å². The van der Waals surface area contributed by atoms with Crippen LogP contribution in [0.15, 0.2) is 24.3 Å². The molecule has 1 aromatic carbocycles. The summed E-state index contributed by atoms with van der Waals surface area (Å²) in [5.41, 5.74) is 8.28. The van der Waals surface area contributed by atoms with Crippen LogP contribution in [0.5, 0.6) is 0 Å². The molecule has 0 saturated heterocycles. The first-order chi connectivity index (χ1) is 9.02. The SMILES string of the molecule is Cc1nc(N)c(C)c(N(C)c2ccc(C#N)cc2)n1. The maximum atomic E-state index is 8.80. The molecular formula is C14H15N5. The molecule has 0 saturated carbocycles. The van der Waals surface area contributed by atoms with Crippen LogP contribution in [0.1, 0.15) is 17.0 Å². The van der Waals surface area contributed by atoms with Crippen LogP contribution in [0.4, 0.5) is 17.3 Å². The normalized spacial score (nSPS) is 10.0. The van der Waals surface area contributed by atoms with E-state index in [1.54, 1.807) is 12.1 Å². The molecule has 0 amide bonds. The summed E-state index contributed by atoms with van der Waals surface area (Å²) in [5, 5.41) is 8.80. The van der Waals surface area contributed by atoms with Gasteiger partial charge in [0.2, 0.25) is 0 Å². The Morgan fingerprint density at radius 3 is 2.37 bits per heavy atom. The van der Waals surface area contributed by atoms with Crippen molar-refractivity contribution in [3.63, 3.8) is 0 Å². The Kier molecular flexibility index (Phi) is 3.34. The molecule has 0 unspecified atom stereocenters. The Morgan fingerprint density at radius 2 is 1.79 bits per heavy atom. The Balaban J connectivity index is 2.43. The summed E-state index contributed by atoms with van der Waals surface area (Å²) in [6, 6.07) is 9.41. The van der Waals surface area contributed by atoms with Crippen LogP contribution in [-0.4, -0.2) is 17.0 Å². The minimum atomic E-state index is 0.489. The summed E-state index contributed by atoms with van der Waals surface area (Å²) in [6.45, 7) is 3.70. The van der Waals surface area contributed by atoms with Crippen molar-refractivity contribution in [1.29, 1.82) is 5.26 Å². The van der Waals surface area contributed by atoms with Gasteiger partial charge in [-0.05, 0) is 38.1 Å². The molecule has 0 bridgehead atoms. The third-order valence-electron chi connectivity index (χ3n) is 2.97. The van der Waals surface area contributed by atoms with Crippen LogP contribution >= 0.6 is 0 Å². The molecule has 0 spiro atoms. The van der Waals surface area contributed by atoms with Gasteiger partial charge in [-0.1, -0.05) is 0 Å². The number of rotatable bonds is 2. The van der Waals surface area contributed by atoms with Gasteiger partial charge >= 0.3 is 0 Å². The van der Waals surface area contributed by atoms with Crippen LogP contribution in [0, 0.1) is 25.2 Å². The Labute approximate surface area is 112 Å². The van der Waals surface area contributed by atoms with Gasteiger partial charge in [-0.2, -0.15) is 5.26 Å². The summed E-state index contributed by atoms with van der Waals surface area (Å²) in [4.78, 5) is 10.5. The maximum Gasteiger partial charge on any atom is 0.141 e. The average molecular weight is 253 g/mol. The number of nitriles is 1. The van der Waals surface area contributed by atoms with Crippen LogP contribution in [0.2, 0.25) is 0 Å².